The second-order valence-electron chi connectivity index (χ2n) is 4.21. The van der Waals surface area contributed by atoms with Crippen molar-refractivity contribution in [2.24, 2.45) is 0 Å². The van der Waals surface area contributed by atoms with E-state index in [1.165, 1.54) is 5.56 Å². The van der Waals surface area contributed by atoms with Crippen LogP contribution in [-0.4, -0.2) is 9.84 Å². The van der Waals surface area contributed by atoms with Gasteiger partial charge in [-0.05, 0) is 20.8 Å². The first-order valence-electron chi connectivity index (χ1n) is 5.22. The molecule has 0 saturated heterocycles. The summed E-state index contributed by atoms with van der Waals surface area (Å²) in [6.45, 7) is 7.95. The van der Waals surface area contributed by atoms with E-state index in [0.717, 1.165) is 34.6 Å². The molecule has 2 N–H and O–H groups in total. The first-order chi connectivity index (χ1) is 7.02. The van der Waals surface area contributed by atoms with Crippen LogP contribution >= 0.6 is 0 Å². The lowest BCUT2D eigenvalue weighted by atomic mass is 9.94. The summed E-state index contributed by atoms with van der Waals surface area (Å²) in [4.78, 5) is 0. The van der Waals surface area contributed by atoms with Gasteiger partial charge in [-0.15, -0.1) is 0 Å². The molecule has 2 heteroatoms. The Morgan fingerprint density at radius 2 is 1.73 bits per heavy atom. The van der Waals surface area contributed by atoms with Gasteiger partial charge in [0.15, 0.2) is 0 Å². The number of hydrogen-bond donors (Lipinski definition) is 1. The van der Waals surface area contributed by atoms with Crippen LogP contribution in [-0.2, 0) is 6.42 Å². The summed E-state index contributed by atoms with van der Waals surface area (Å²) >= 11 is 0. The number of rotatable bonds is 0. The molecule has 1 aromatic rings. The molecule has 1 aliphatic rings. The van der Waals surface area contributed by atoms with Crippen molar-refractivity contribution in [2.45, 2.75) is 34.1 Å². The summed E-state index contributed by atoms with van der Waals surface area (Å²) in [5, 5.41) is 9.95. The maximum atomic E-state index is 9.95. The number of fused-ring (bicyclic) bond motifs is 1. The molecule has 2 rings (SSSR count). The summed E-state index contributed by atoms with van der Waals surface area (Å²) in [6, 6.07) is 0. The largest absolute Gasteiger partial charge is 0.549 e. The molecule has 80 valence electrons. The highest BCUT2D eigenvalue weighted by Gasteiger charge is 2.24. The summed E-state index contributed by atoms with van der Waals surface area (Å²) in [5.74, 6) is 2.55. The van der Waals surface area contributed by atoms with E-state index in [-0.39, 0.29) is 0 Å². The molecule has 0 amide bonds. The standard InChI is InChI=1S/C13H16O2/c1-7-5-6-11-10(4)12(14)8(2)9(3)13(11)15-7/h5,14H,6H2,1-4H3/p+1. The fourth-order valence-electron chi connectivity index (χ4n) is 2.06. The van der Waals surface area contributed by atoms with Crippen molar-refractivity contribution in [1.29, 1.82) is 0 Å². The maximum absolute atomic E-state index is 9.95. The predicted molar refractivity (Wildman–Crippen MR) is 61.4 cm³/mol. The normalized spacial score (nSPS) is 14.3. The van der Waals surface area contributed by atoms with Crippen molar-refractivity contribution in [2.75, 3.05) is 0 Å². The first kappa shape index (κ1) is 10.1. The zero-order chi connectivity index (χ0) is 11.2. The summed E-state index contributed by atoms with van der Waals surface area (Å²) in [7, 11) is 0. The third-order valence-corrected chi connectivity index (χ3v) is 3.26. The van der Waals surface area contributed by atoms with Crippen molar-refractivity contribution in [3.8, 4) is 11.5 Å². The maximum Gasteiger partial charge on any atom is 0.267 e. The van der Waals surface area contributed by atoms with Crippen LogP contribution in [0.2, 0.25) is 0 Å². The van der Waals surface area contributed by atoms with Crippen LogP contribution in [0.25, 0.3) is 0 Å². The van der Waals surface area contributed by atoms with Gasteiger partial charge < -0.3 is 9.84 Å². The van der Waals surface area contributed by atoms with Crippen molar-refractivity contribution < 1.29 is 9.84 Å². The van der Waals surface area contributed by atoms with E-state index in [2.05, 4.69) is 10.8 Å². The fraction of sp³-hybridized carbons (Fsp3) is 0.385. The first-order valence-corrected chi connectivity index (χ1v) is 5.22. The summed E-state index contributed by atoms with van der Waals surface area (Å²) in [5.41, 5.74) is 4.19. The lowest BCUT2D eigenvalue weighted by Gasteiger charge is -2.19. The predicted octanol–water partition coefficient (Wildman–Crippen LogP) is 3.02. The Balaban J connectivity index is 2.70. The number of phenolic OH excluding ortho intramolecular Hbond substituents is 1. The molecule has 0 aliphatic carbocycles. The number of benzene rings is 1. The monoisotopic (exact) mass is 205 g/mol. The SMILES string of the molecule is CC1=CCc2c(C)c(O)c(C)c(C)c2[OH+]1. The zero-order valence-electron chi connectivity index (χ0n) is 9.68. The van der Waals surface area contributed by atoms with Crippen LogP contribution in [0, 0.1) is 20.8 Å². The Kier molecular flexibility index (Phi) is 2.22. The molecule has 0 radical (unpaired) electrons. The molecule has 2 nitrogen and oxygen atoms in total. The van der Waals surface area contributed by atoms with Crippen LogP contribution in [0.15, 0.2) is 11.8 Å². The van der Waals surface area contributed by atoms with Crippen molar-refractivity contribution in [3.63, 3.8) is 0 Å². The minimum Gasteiger partial charge on any atom is -0.549 e. The molecule has 0 bridgehead atoms. The minimum absolute atomic E-state index is 0.425. The van der Waals surface area contributed by atoms with Gasteiger partial charge in [0.1, 0.15) is 5.75 Å². The zero-order valence-corrected chi connectivity index (χ0v) is 9.68. The van der Waals surface area contributed by atoms with Crippen molar-refractivity contribution in [1.82, 2.24) is 0 Å². The van der Waals surface area contributed by atoms with Gasteiger partial charge >= 0.3 is 0 Å². The molecular weight excluding hydrogens is 188 g/mol. The Hall–Kier alpha value is -1.44. The molecule has 0 aromatic heterocycles. The number of hydrogen-bond acceptors (Lipinski definition) is 1. The highest BCUT2D eigenvalue weighted by molar-refractivity contribution is 5.58. The number of phenols is 1. The second-order valence-corrected chi connectivity index (χ2v) is 4.21. The smallest absolute Gasteiger partial charge is 0.267 e. The van der Waals surface area contributed by atoms with Crippen LogP contribution in [0.3, 0.4) is 0 Å². The Bertz CT molecular complexity index is 456. The average Bonchev–Trinajstić information content (AvgIpc) is 2.23. The Labute approximate surface area is 90.2 Å². The molecule has 1 aromatic carbocycles. The van der Waals surface area contributed by atoms with E-state index in [1.807, 2.05) is 27.7 Å². The third kappa shape index (κ3) is 1.41. The quantitative estimate of drug-likeness (QED) is 0.512. The average molecular weight is 205 g/mol. The van der Waals surface area contributed by atoms with Crippen LogP contribution in [0.5, 0.6) is 11.5 Å². The lowest BCUT2D eigenvalue weighted by Crippen LogP contribution is -2.05. The van der Waals surface area contributed by atoms with E-state index in [4.69, 9.17) is 0 Å². The van der Waals surface area contributed by atoms with Crippen LogP contribution in [0.4, 0.5) is 0 Å². The van der Waals surface area contributed by atoms with E-state index in [9.17, 15) is 5.11 Å². The van der Waals surface area contributed by atoms with E-state index < -0.39 is 0 Å². The topological polar surface area (TPSA) is 33.0 Å². The van der Waals surface area contributed by atoms with Gasteiger partial charge in [-0.3, -0.25) is 0 Å². The molecule has 0 atom stereocenters. The van der Waals surface area contributed by atoms with Crippen molar-refractivity contribution in [3.05, 3.63) is 34.1 Å². The highest BCUT2D eigenvalue weighted by atomic mass is 16.5. The van der Waals surface area contributed by atoms with E-state index in [1.54, 1.807) is 0 Å². The highest BCUT2D eigenvalue weighted by Crippen LogP contribution is 2.40. The molecular formula is C13H17O2+. The number of aliphatic hydroxyl groups is 1. The number of allylic oxidation sites excluding steroid dienone is 2. The van der Waals surface area contributed by atoms with E-state index in [0.29, 0.717) is 5.75 Å². The second kappa shape index (κ2) is 3.30. The number of ether oxygens (including phenoxy) is 1. The minimum atomic E-state index is 0.425. The number of aromatic hydroxyl groups is 2. The van der Waals surface area contributed by atoms with Gasteiger partial charge in [-0.1, -0.05) is 0 Å². The molecule has 0 saturated carbocycles. The molecule has 0 fully saturated rings. The van der Waals surface area contributed by atoms with Gasteiger partial charge in [0.2, 0.25) is 5.76 Å². The van der Waals surface area contributed by atoms with Crippen molar-refractivity contribution >= 4 is 0 Å². The summed E-state index contributed by atoms with van der Waals surface area (Å²) < 4.78 is 4.56. The molecule has 0 spiro atoms. The molecule has 15 heavy (non-hydrogen) atoms. The fourth-order valence-corrected chi connectivity index (χ4v) is 2.06. The Morgan fingerprint density at radius 3 is 2.40 bits per heavy atom. The molecule has 0 unspecified atom stereocenters. The molecule has 1 heterocycles. The molecule has 1 aliphatic heterocycles. The van der Waals surface area contributed by atoms with E-state index >= 15 is 0 Å². The Morgan fingerprint density at radius 1 is 1.07 bits per heavy atom. The van der Waals surface area contributed by atoms with Gasteiger partial charge in [0.25, 0.3) is 5.75 Å². The van der Waals surface area contributed by atoms with Gasteiger partial charge in [-0.25, -0.2) is 0 Å². The third-order valence-electron chi connectivity index (χ3n) is 3.26. The van der Waals surface area contributed by atoms with Crippen LogP contribution in [0.1, 0.15) is 29.2 Å². The lowest BCUT2D eigenvalue weighted by molar-refractivity contribution is 0.144. The van der Waals surface area contributed by atoms with Gasteiger partial charge in [0, 0.05) is 30.5 Å². The van der Waals surface area contributed by atoms with Crippen LogP contribution < -0.4 is 0 Å². The summed E-state index contributed by atoms with van der Waals surface area (Å²) in [6.07, 6.45) is 2.98. The van der Waals surface area contributed by atoms with Gasteiger partial charge in [0.05, 0.1) is 11.1 Å². The van der Waals surface area contributed by atoms with Gasteiger partial charge in [-0.2, -0.15) is 0 Å².